The maximum atomic E-state index is 13.9. The molecule has 1 atom stereocenters. The number of nitrogens with zero attached hydrogens (tertiary/aromatic N) is 2. The topological polar surface area (TPSA) is 29.9 Å². The van der Waals surface area contributed by atoms with E-state index in [2.05, 4.69) is 40.2 Å². The van der Waals surface area contributed by atoms with Crippen LogP contribution < -0.4 is 5.32 Å². The first kappa shape index (κ1) is 16.2. The summed E-state index contributed by atoms with van der Waals surface area (Å²) in [4.78, 5) is 0. The minimum atomic E-state index is -0.155. The van der Waals surface area contributed by atoms with Gasteiger partial charge in [0.05, 0.1) is 22.4 Å². The third-order valence-electron chi connectivity index (χ3n) is 3.43. The van der Waals surface area contributed by atoms with Crippen LogP contribution in [0, 0.1) is 5.82 Å². The van der Waals surface area contributed by atoms with Gasteiger partial charge in [-0.3, -0.25) is 4.68 Å². The molecule has 114 valence electrons. The highest BCUT2D eigenvalue weighted by molar-refractivity contribution is 9.10. The van der Waals surface area contributed by atoms with Crippen molar-refractivity contribution in [2.24, 2.45) is 0 Å². The fraction of sp³-hybridized carbons (Fsp3) is 0.438. The summed E-state index contributed by atoms with van der Waals surface area (Å²) in [7, 11) is 0. The van der Waals surface area contributed by atoms with Crippen molar-refractivity contribution in [3.8, 4) is 0 Å². The van der Waals surface area contributed by atoms with Gasteiger partial charge >= 0.3 is 0 Å². The molecule has 0 saturated heterocycles. The summed E-state index contributed by atoms with van der Waals surface area (Å²) >= 11 is 3.57. The van der Waals surface area contributed by atoms with E-state index in [1.54, 1.807) is 6.07 Å². The Bertz CT molecular complexity index is 583. The molecule has 0 aliphatic rings. The van der Waals surface area contributed by atoms with Gasteiger partial charge in [-0.15, -0.1) is 0 Å². The fourth-order valence-corrected chi connectivity index (χ4v) is 3.08. The number of halogens is 2. The maximum absolute atomic E-state index is 13.9. The van der Waals surface area contributed by atoms with Crippen LogP contribution >= 0.6 is 15.9 Å². The number of rotatable bonds is 7. The second kappa shape index (κ2) is 7.71. The summed E-state index contributed by atoms with van der Waals surface area (Å²) in [5.41, 5.74) is 1.81. The van der Waals surface area contributed by atoms with Gasteiger partial charge in [0.15, 0.2) is 0 Å². The second-order valence-electron chi connectivity index (χ2n) is 5.01. The van der Waals surface area contributed by atoms with Crippen molar-refractivity contribution in [1.82, 2.24) is 15.1 Å². The molecule has 1 unspecified atom stereocenters. The normalized spacial score (nSPS) is 12.6. The second-order valence-corrected chi connectivity index (χ2v) is 5.86. The first-order chi connectivity index (χ1) is 10.2. The lowest BCUT2D eigenvalue weighted by molar-refractivity contribution is 0.469. The van der Waals surface area contributed by atoms with Crippen molar-refractivity contribution in [2.45, 2.75) is 39.3 Å². The van der Waals surface area contributed by atoms with Gasteiger partial charge in [-0.05, 0) is 46.9 Å². The molecule has 21 heavy (non-hydrogen) atoms. The summed E-state index contributed by atoms with van der Waals surface area (Å²) < 4.78 is 16.9. The molecule has 1 aromatic carbocycles. The van der Waals surface area contributed by atoms with Gasteiger partial charge in [-0.2, -0.15) is 5.10 Å². The number of nitrogens with one attached hydrogen (secondary N) is 1. The third kappa shape index (κ3) is 3.92. The third-order valence-corrected chi connectivity index (χ3v) is 4.04. The first-order valence-corrected chi connectivity index (χ1v) is 8.14. The lowest BCUT2D eigenvalue weighted by atomic mass is 10.0. The highest BCUT2D eigenvalue weighted by atomic mass is 79.9. The zero-order valence-electron chi connectivity index (χ0n) is 12.4. The lowest BCUT2D eigenvalue weighted by Gasteiger charge is -2.20. The summed E-state index contributed by atoms with van der Waals surface area (Å²) in [5.74, 6) is -0.155. The first-order valence-electron chi connectivity index (χ1n) is 7.35. The van der Waals surface area contributed by atoms with E-state index in [9.17, 15) is 4.39 Å². The number of likely N-dealkylation sites (N-methyl/N-ethyl adjacent to an activating group) is 1. The molecule has 0 aliphatic carbocycles. The van der Waals surface area contributed by atoms with Gasteiger partial charge in [0.25, 0.3) is 0 Å². The molecule has 0 saturated carbocycles. The van der Waals surface area contributed by atoms with Gasteiger partial charge < -0.3 is 5.32 Å². The molecule has 1 N–H and O–H groups in total. The highest BCUT2D eigenvalue weighted by Crippen LogP contribution is 2.27. The molecule has 3 nitrogen and oxygen atoms in total. The molecule has 2 aromatic rings. The Morgan fingerprint density at radius 1 is 1.33 bits per heavy atom. The standard InChI is InChI=1S/C16H21BrFN3/c1-3-9-21-16(13(17)11-20-21)15(19-4-2)10-12-7-5-6-8-14(12)18/h5-8,11,15,19H,3-4,9-10H2,1-2H3. The van der Waals surface area contributed by atoms with Crippen molar-refractivity contribution in [1.29, 1.82) is 0 Å². The molecule has 1 heterocycles. The molecule has 0 aliphatic heterocycles. The van der Waals surface area contributed by atoms with E-state index < -0.39 is 0 Å². The van der Waals surface area contributed by atoms with E-state index in [0.29, 0.717) is 6.42 Å². The van der Waals surface area contributed by atoms with Gasteiger partial charge in [0, 0.05) is 6.54 Å². The molecular weight excluding hydrogens is 333 g/mol. The smallest absolute Gasteiger partial charge is 0.126 e. The van der Waals surface area contributed by atoms with Gasteiger partial charge in [-0.25, -0.2) is 4.39 Å². The predicted octanol–water partition coefficient (Wildman–Crippen LogP) is 4.09. The number of aromatic nitrogens is 2. The minimum Gasteiger partial charge on any atom is -0.309 e. The Kier molecular flexibility index (Phi) is 5.94. The number of aryl methyl sites for hydroxylation is 1. The van der Waals surface area contributed by atoms with Crippen molar-refractivity contribution < 1.29 is 4.39 Å². The Morgan fingerprint density at radius 2 is 2.10 bits per heavy atom. The quantitative estimate of drug-likeness (QED) is 0.812. The molecule has 2 rings (SSSR count). The van der Waals surface area contributed by atoms with Gasteiger partial charge in [-0.1, -0.05) is 32.0 Å². The van der Waals surface area contributed by atoms with Crippen LogP contribution in [0.4, 0.5) is 4.39 Å². The molecule has 0 amide bonds. The van der Waals surface area contributed by atoms with Crippen LogP contribution in [0.15, 0.2) is 34.9 Å². The molecule has 0 radical (unpaired) electrons. The van der Waals surface area contributed by atoms with Crippen LogP contribution in [0.3, 0.4) is 0 Å². The van der Waals surface area contributed by atoms with E-state index in [0.717, 1.165) is 35.2 Å². The summed E-state index contributed by atoms with van der Waals surface area (Å²) in [6.45, 7) is 5.87. The Hall–Kier alpha value is -1.20. The van der Waals surface area contributed by atoms with Gasteiger partial charge in [0.1, 0.15) is 5.82 Å². The van der Waals surface area contributed by atoms with Crippen LogP contribution in [0.5, 0.6) is 0 Å². The van der Waals surface area contributed by atoms with E-state index in [4.69, 9.17) is 0 Å². The van der Waals surface area contributed by atoms with E-state index >= 15 is 0 Å². The molecule has 1 aromatic heterocycles. The average Bonchev–Trinajstić information content (AvgIpc) is 2.82. The number of hydrogen-bond acceptors (Lipinski definition) is 2. The largest absolute Gasteiger partial charge is 0.309 e. The van der Waals surface area contributed by atoms with Crippen LogP contribution in [0.25, 0.3) is 0 Å². The summed E-state index contributed by atoms with van der Waals surface area (Å²) in [5, 5.41) is 7.85. The van der Waals surface area contributed by atoms with Crippen LogP contribution in [0.1, 0.15) is 37.6 Å². The van der Waals surface area contributed by atoms with Crippen LogP contribution in [-0.2, 0) is 13.0 Å². The summed E-state index contributed by atoms with van der Waals surface area (Å²) in [6.07, 6.45) is 3.44. The minimum absolute atomic E-state index is 0.0373. The molecule has 0 spiro atoms. The Labute approximate surface area is 133 Å². The maximum Gasteiger partial charge on any atom is 0.126 e. The van der Waals surface area contributed by atoms with Crippen molar-refractivity contribution >= 4 is 15.9 Å². The van der Waals surface area contributed by atoms with Crippen molar-refractivity contribution in [2.75, 3.05) is 6.54 Å². The van der Waals surface area contributed by atoms with Crippen molar-refractivity contribution in [3.63, 3.8) is 0 Å². The van der Waals surface area contributed by atoms with Crippen LogP contribution in [0.2, 0.25) is 0 Å². The number of benzene rings is 1. The summed E-state index contributed by atoms with van der Waals surface area (Å²) in [6, 6.07) is 6.98. The highest BCUT2D eigenvalue weighted by Gasteiger charge is 2.20. The fourth-order valence-electron chi connectivity index (χ4n) is 2.50. The molecule has 0 fully saturated rings. The van der Waals surface area contributed by atoms with E-state index in [-0.39, 0.29) is 11.9 Å². The molecule has 5 heteroatoms. The zero-order valence-corrected chi connectivity index (χ0v) is 14.0. The average molecular weight is 354 g/mol. The monoisotopic (exact) mass is 353 g/mol. The van der Waals surface area contributed by atoms with E-state index in [1.807, 2.05) is 23.0 Å². The van der Waals surface area contributed by atoms with Crippen LogP contribution in [-0.4, -0.2) is 16.3 Å². The van der Waals surface area contributed by atoms with Gasteiger partial charge in [0.2, 0.25) is 0 Å². The number of hydrogen-bond donors (Lipinski definition) is 1. The Balaban J connectivity index is 2.31. The van der Waals surface area contributed by atoms with Crippen molar-refractivity contribution in [3.05, 3.63) is 52.0 Å². The Morgan fingerprint density at radius 3 is 2.76 bits per heavy atom. The zero-order chi connectivity index (χ0) is 15.2. The SMILES string of the molecule is CCCn1ncc(Br)c1C(Cc1ccccc1F)NCC. The molecular formula is C16H21BrFN3. The van der Waals surface area contributed by atoms with E-state index in [1.165, 1.54) is 6.07 Å². The molecule has 0 bridgehead atoms. The lowest BCUT2D eigenvalue weighted by Crippen LogP contribution is -2.26. The predicted molar refractivity (Wildman–Crippen MR) is 86.7 cm³/mol.